The summed E-state index contributed by atoms with van der Waals surface area (Å²) in [7, 11) is 0. The lowest BCUT2D eigenvalue weighted by molar-refractivity contribution is 0.603. The third kappa shape index (κ3) is 2.34. The second kappa shape index (κ2) is 5.49. The molecule has 6 aromatic heterocycles. The average molecular weight is 368 g/mol. The van der Waals surface area contributed by atoms with Gasteiger partial charge in [-0.3, -0.25) is 0 Å². The largest absolute Gasteiger partial charge is 0.446 e. The molecule has 5 nitrogen and oxygen atoms in total. The van der Waals surface area contributed by atoms with E-state index in [0.717, 1.165) is 48.5 Å². The first kappa shape index (κ1) is 14.6. The van der Waals surface area contributed by atoms with Gasteiger partial charge in [-0.05, 0) is 48.5 Å². The normalized spacial score (nSPS) is 11.7. The van der Waals surface area contributed by atoms with Gasteiger partial charge in [0.1, 0.15) is 10.5 Å². The zero-order chi connectivity index (χ0) is 17.8. The Morgan fingerprint density at radius 2 is 1.93 bits per heavy atom. The molecule has 0 saturated carbocycles. The Bertz CT molecular complexity index is 1410. The number of thiophene rings is 1. The van der Waals surface area contributed by atoms with Crippen molar-refractivity contribution in [3.05, 3.63) is 67.2 Å². The molecule has 0 bridgehead atoms. The monoisotopic (exact) mass is 368 g/mol. The molecule has 0 aliphatic heterocycles. The van der Waals surface area contributed by atoms with Crippen molar-refractivity contribution in [3.63, 3.8) is 0 Å². The molecular weight excluding hydrogens is 356 g/mol. The number of furan rings is 1. The van der Waals surface area contributed by atoms with Crippen LogP contribution in [0.5, 0.6) is 0 Å². The van der Waals surface area contributed by atoms with Gasteiger partial charge in [-0.2, -0.15) is 0 Å². The molecule has 0 aliphatic rings. The minimum atomic E-state index is 0.657. The maximum atomic E-state index is 5.43. The predicted octanol–water partition coefficient (Wildman–Crippen LogP) is 5.65. The van der Waals surface area contributed by atoms with E-state index < -0.39 is 0 Å². The van der Waals surface area contributed by atoms with Gasteiger partial charge in [-0.1, -0.05) is 0 Å². The van der Waals surface area contributed by atoms with E-state index >= 15 is 0 Å². The first-order valence-electron chi connectivity index (χ1n) is 8.52. The fourth-order valence-electron chi connectivity index (χ4n) is 3.30. The van der Waals surface area contributed by atoms with Gasteiger partial charge in [0.25, 0.3) is 0 Å². The van der Waals surface area contributed by atoms with Gasteiger partial charge in [0, 0.05) is 39.8 Å². The lowest BCUT2D eigenvalue weighted by Gasteiger charge is -1.97. The van der Waals surface area contributed by atoms with E-state index in [9.17, 15) is 0 Å². The molecule has 0 radical (unpaired) electrons. The van der Waals surface area contributed by atoms with Crippen molar-refractivity contribution in [2.45, 2.75) is 0 Å². The Kier molecular flexibility index (Phi) is 2.98. The summed E-state index contributed by atoms with van der Waals surface area (Å²) in [6.07, 6.45) is 5.35. The van der Waals surface area contributed by atoms with Crippen LogP contribution in [0, 0.1) is 0 Å². The highest BCUT2D eigenvalue weighted by Gasteiger charge is 2.11. The van der Waals surface area contributed by atoms with Crippen molar-refractivity contribution in [2.24, 2.45) is 0 Å². The van der Waals surface area contributed by atoms with Crippen LogP contribution in [0.4, 0.5) is 0 Å². The van der Waals surface area contributed by atoms with Crippen molar-refractivity contribution in [3.8, 4) is 21.8 Å². The number of pyridine rings is 3. The van der Waals surface area contributed by atoms with E-state index in [1.54, 1.807) is 23.8 Å². The molecule has 27 heavy (non-hydrogen) atoms. The summed E-state index contributed by atoms with van der Waals surface area (Å²) < 4.78 is 5.43. The quantitative estimate of drug-likeness (QED) is 0.429. The smallest absolute Gasteiger partial charge is 0.226 e. The molecule has 128 valence electrons. The van der Waals surface area contributed by atoms with Crippen LogP contribution in [0.1, 0.15) is 0 Å². The van der Waals surface area contributed by atoms with Crippen LogP contribution < -0.4 is 0 Å². The van der Waals surface area contributed by atoms with Crippen molar-refractivity contribution in [2.75, 3.05) is 0 Å². The molecule has 6 aromatic rings. The molecule has 1 N–H and O–H groups in total. The highest BCUT2D eigenvalue weighted by molar-refractivity contribution is 7.21. The van der Waals surface area contributed by atoms with E-state index in [1.165, 1.54) is 0 Å². The lowest BCUT2D eigenvalue weighted by Crippen LogP contribution is -1.80. The standard InChI is InChI=1S/C21H12N4OS/c1-2-13-9-17(24-19(13)22-6-1)15-8-14-10-18(27-21(14)23-11-15)16-4-3-12-5-7-26-20(12)25-16/h1-11H,(H,22,24). The maximum Gasteiger partial charge on any atom is 0.226 e. The molecular formula is C21H12N4OS. The summed E-state index contributed by atoms with van der Waals surface area (Å²) in [6.45, 7) is 0. The Morgan fingerprint density at radius 1 is 0.926 bits per heavy atom. The van der Waals surface area contributed by atoms with Crippen LogP contribution in [0.15, 0.2) is 71.6 Å². The zero-order valence-electron chi connectivity index (χ0n) is 14.0. The van der Waals surface area contributed by atoms with E-state index in [1.807, 2.05) is 36.5 Å². The number of hydrogen-bond donors (Lipinski definition) is 1. The summed E-state index contributed by atoms with van der Waals surface area (Å²) >= 11 is 1.63. The van der Waals surface area contributed by atoms with Crippen molar-refractivity contribution in [1.82, 2.24) is 19.9 Å². The molecule has 0 spiro atoms. The molecule has 0 aromatic carbocycles. The number of nitrogens with one attached hydrogen (secondary N) is 1. The van der Waals surface area contributed by atoms with Crippen molar-refractivity contribution >= 4 is 43.7 Å². The second-order valence-electron chi connectivity index (χ2n) is 6.36. The van der Waals surface area contributed by atoms with Crippen LogP contribution in [0.25, 0.3) is 54.2 Å². The Morgan fingerprint density at radius 3 is 2.89 bits per heavy atom. The molecule has 0 atom stereocenters. The molecule has 0 aliphatic carbocycles. The fraction of sp³-hybridized carbons (Fsp3) is 0. The first-order valence-corrected chi connectivity index (χ1v) is 9.33. The first-order chi connectivity index (χ1) is 13.3. The van der Waals surface area contributed by atoms with Crippen LogP contribution >= 0.6 is 11.3 Å². The second-order valence-corrected chi connectivity index (χ2v) is 7.40. The Hall–Kier alpha value is -3.51. The number of hydrogen-bond acceptors (Lipinski definition) is 5. The highest BCUT2D eigenvalue weighted by Crippen LogP contribution is 2.34. The third-order valence-electron chi connectivity index (χ3n) is 4.64. The van der Waals surface area contributed by atoms with E-state index in [4.69, 9.17) is 4.42 Å². The van der Waals surface area contributed by atoms with Gasteiger partial charge >= 0.3 is 0 Å². The molecule has 6 rings (SSSR count). The molecule has 0 unspecified atom stereocenters. The maximum absolute atomic E-state index is 5.43. The summed E-state index contributed by atoms with van der Waals surface area (Å²) in [4.78, 5) is 19.1. The Balaban J connectivity index is 1.46. The molecule has 0 amide bonds. The van der Waals surface area contributed by atoms with Crippen molar-refractivity contribution in [1.29, 1.82) is 0 Å². The van der Waals surface area contributed by atoms with E-state index in [-0.39, 0.29) is 0 Å². The van der Waals surface area contributed by atoms with E-state index in [2.05, 4.69) is 38.1 Å². The van der Waals surface area contributed by atoms with Gasteiger partial charge < -0.3 is 9.40 Å². The third-order valence-corrected chi connectivity index (χ3v) is 5.73. The highest BCUT2D eigenvalue weighted by atomic mass is 32.1. The van der Waals surface area contributed by atoms with Gasteiger partial charge in [0.2, 0.25) is 5.71 Å². The van der Waals surface area contributed by atoms with Crippen LogP contribution in [0.3, 0.4) is 0 Å². The summed E-state index contributed by atoms with van der Waals surface area (Å²) in [5.74, 6) is 0. The molecule has 0 saturated heterocycles. The van der Waals surface area contributed by atoms with Gasteiger partial charge in [0.15, 0.2) is 0 Å². The van der Waals surface area contributed by atoms with Gasteiger partial charge in [-0.25, -0.2) is 15.0 Å². The number of aromatic nitrogens is 4. The minimum Gasteiger partial charge on any atom is -0.446 e. The number of fused-ring (bicyclic) bond motifs is 3. The Labute approximate surface area is 157 Å². The van der Waals surface area contributed by atoms with Crippen LogP contribution in [0.2, 0.25) is 0 Å². The zero-order valence-corrected chi connectivity index (χ0v) is 14.8. The van der Waals surface area contributed by atoms with E-state index in [0.29, 0.717) is 5.71 Å². The number of rotatable bonds is 2. The fourth-order valence-corrected chi connectivity index (χ4v) is 4.25. The lowest BCUT2D eigenvalue weighted by atomic mass is 10.1. The SMILES string of the molecule is c1cnc2[nH]c(-c3cnc4sc(-c5ccc6ccoc6n5)cc4c3)cc2c1. The van der Waals surface area contributed by atoms with Crippen LogP contribution in [-0.4, -0.2) is 19.9 Å². The molecule has 0 fully saturated rings. The average Bonchev–Trinajstić information content (AvgIpc) is 3.42. The summed E-state index contributed by atoms with van der Waals surface area (Å²) in [5.41, 5.74) is 4.50. The molecule has 6 heterocycles. The number of aromatic amines is 1. The summed E-state index contributed by atoms with van der Waals surface area (Å²) in [5, 5.41) is 3.20. The van der Waals surface area contributed by atoms with Crippen molar-refractivity contribution < 1.29 is 4.42 Å². The van der Waals surface area contributed by atoms with Gasteiger partial charge in [-0.15, -0.1) is 11.3 Å². The summed E-state index contributed by atoms with van der Waals surface area (Å²) in [6, 6.07) is 16.3. The number of nitrogens with zero attached hydrogens (tertiary/aromatic N) is 3. The number of H-pyrrole nitrogens is 1. The predicted molar refractivity (Wildman–Crippen MR) is 108 cm³/mol. The minimum absolute atomic E-state index is 0.657. The molecule has 6 heteroatoms. The van der Waals surface area contributed by atoms with Gasteiger partial charge in [0.05, 0.1) is 16.8 Å². The topological polar surface area (TPSA) is 67.6 Å². The van der Waals surface area contributed by atoms with Crippen LogP contribution in [-0.2, 0) is 0 Å².